The summed E-state index contributed by atoms with van der Waals surface area (Å²) in [6.07, 6.45) is 3.34. The van der Waals surface area contributed by atoms with E-state index < -0.39 is 0 Å². The van der Waals surface area contributed by atoms with Crippen LogP contribution >= 0.6 is 24.8 Å². The quantitative estimate of drug-likeness (QED) is 0.845. The topological polar surface area (TPSA) is 98.1 Å². The van der Waals surface area contributed by atoms with Crippen molar-refractivity contribution < 1.29 is 9.32 Å². The number of amides is 1. The smallest absolute Gasteiger partial charge is 0.230 e. The van der Waals surface area contributed by atoms with Crippen molar-refractivity contribution in [3.8, 4) is 11.5 Å². The van der Waals surface area contributed by atoms with Crippen molar-refractivity contribution in [1.29, 1.82) is 0 Å². The number of pyridine rings is 1. The second-order valence-corrected chi connectivity index (χ2v) is 6.42. The Hall–Kier alpha value is -1.70. The zero-order valence-corrected chi connectivity index (χ0v) is 16.5. The van der Waals surface area contributed by atoms with Gasteiger partial charge in [0.15, 0.2) is 0 Å². The highest BCUT2D eigenvalue weighted by atomic mass is 35.5. The molecule has 2 N–H and O–H groups in total. The molecule has 0 bridgehead atoms. The molecule has 0 spiro atoms. The van der Waals surface area contributed by atoms with Crippen LogP contribution in [0.25, 0.3) is 11.5 Å². The molecule has 1 fully saturated rings. The monoisotopic (exact) mass is 401 g/mol. The molecule has 144 valence electrons. The lowest BCUT2D eigenvalue weighted by atomic mass is 9.94. The van der Waals surface area contributed by atoms with Crippen LogP contribution < -0.4 is 5.73 Å². The lowest BCUT2D eigenvalue weighted by Crippen LogP contribution is -2.45. The van der Waals surface area contributed by atoms with Gasteiger partial charge in [0.2, 0.25) is 17.6 Å². The SMILES string of the molecule is CC(N)C(C)C(=O)N1CCC(c2nc(-c3ccccn3)no2)CC1.Cl.Cl. The number of nitrogens with zero attached hydrogens (tertiary/aromatic N) is 4. The third-order valence-corrected chi connectivity index (χ3v) is 4.67. The number of piperidine rings is 1. The van der Waals surface area contributed by atoms with Gasteiger partial charge in [-0.25, -0.2) is 0 Å². The van der Waals surface area contributed by atoms with Crippen LogP contribution in [0.2, 0.25) is 0 Å². The molecule has 2 unspecified atom stereocenters. The Balaban J connectivity index is 0.00000169. The summed E-state index contributed by atoms with van der Waals surface area (Å²) in [7, 11) is 0. The van der Waals surface area contributed by atoms with Gasteiger partial charge in [0.05, 0.1) is 5.92 Å². The molecule has 1 aliphatic rings. The standard InChI is InChI=1S/C17H23N5O2.2ClH/c1-11(12(2)18)17(23)22-9-6-13(7-10-22)16-20-15(21-24-16)14-5-3-4-8-19-14;;/h3-5,8,11-13H,6-7,9-10,18H2,1-2H3;2*1H. The Labute approximate surface area is 165 Å². The number of carbonyl (C=O) groups is 1. The highest BCUT2D eigenvalue weighted by molar-refractivity contribution is 5.85. The zero-order valence-electron chi connectivity index (χ0n) is 14.9. The van der Waals surface area contributed by atoms with Gasteiger partial charge in [-0.05, 0) is 31.9 Å². The molecule has 3 rings (SSSR count). The number of likely N-dealkylation sites (tertiary alicyclic amines) is 1. The first kappa shape index (κ1) is 22.3. The van der Waals surface area contributed by atoms with E-state index in [-0.39, 0.29) is 48.6 Å². The van der Waals surface area contributed by atoms with E-state index in [4.69, 9.17) is 10.3 Å². The number of hydrogen-bond acceptors (Lipinski definition) is 6. The number of nitrogens with two attached hydrogens (primary N) is 1. The highest BCUT2D eigenvalue weighted by Crippen LogP contribution is 2.28. The van der Waals surface area contributed by atoms with Crippen molar-refractivity contribution in [3.05, 3.63) is 30.3 Å². The van der Waals surface area contributed by atoms with Crippen LogP contribution in [-0.2, 0) is 4.79 Å². The normalized spacial score (nSPS) is 17.0. The third kappa shape index (κ3) is 4.93. The van der Waals surface area contributed by atoms with E-state index in [0.29, 0.717) is 30.5 Å². The molecule has 26 heavy (non-hydrogen) atoms. The van der Waals surface area contributed by atoms with Gasteiger partial charge in [-0.3, -0.25) is 9.78 Å². The molecular weight excluding hydrogens is 377 g/mol. The molecule has 1 aliphatic heterocycles. The fraction of sp³-hybridized carbons (Fsp3) is 0.529. The summed E-state index contributed by atoms with van der Waals surface area (Å²) in [6, 6.07) is 5.46. The fourth-order valence-electron chi connectivity index (χ4n) is 2.86. The summed E-state index contributed by atoms with van der Waals surface area (Å²) in [5.41, 5.74) is 6.53. The molecule has 3 heterocycles. The lowest BCUT2D eigenvalue weighted by Gasteiger charge is -2.33. The lowest BCUT2D eigenvalue weighted by molar-refractivity contribution is -0.136. The third-order valence-electron chi connectivity index (χ3n) is 4.67. The molecular formula is C17H25Cl2N5O2. The Kier molecular flexibility index (Phi) is 8.46. The summed E-state index contributed by atoms with van der Waals surface area (Å²) in [5, 5.41) is 4.02. The summed E-state index contributed by atoms with van der Waals surface area (Å²) in [5.74, 6) is 1.30. The first-order valence-electron chi connectivity index (χ1n) is 8.35. The molecule has 1 saturated heterocycles. The summed E-state index contributed by atoms with van der Waals surface area (Å²) in [4.78, 5) is 23.0. The zero-order chi connectivity index (χ0) is 17.1. The second-order valence-electron chi connectivity index (χ2n) is 6.42. The maximum atomic E-state index is 12.4. The van der Waals surface area contributed by atoms with E-state index in [1.165, 1.54) is 0 Å². The molecule has 0 aromatic carbocycles. The molecule has 7 nitrogen and oxygen atoms in total. The fourth-order valence-corrected chi connectivity index (χ4v) is 2.86. The number of hydrogen-bond donors (Lipinski definition) is 1. The molecule has 9 heteroatoms. The van der Waals surface area contributed by atoms with Crippen LogP contribution in [-0.4, -0.2) is 45.1 Å². The first-order chi connectivity index (χ1) is 11.6. The van der Waals surface area contributed by atoms with E-state index in [1.54, 1.807) is 6.20 Å². The van der Waals surface area contributed by atoms with Crippen LogP contribution in [0.15, 0.2) is 28.9 Å². The summed E-state index contributed by atoms with van der Waals surface area (Å²) in [6.45, 7) is 5.15. The predicted molar refractivity (Wildman–Crippen MR) is 103 cm³/mol. The average Bonchev–Trinajstić information content (AvgIpc) is 3.11. The van der Waals surface area contributed by atoms with Crippen LogP contribution in [0.5, 0.6) is 0 Å². The molecule has 1 amide bonds. The molecule has 2 aromatic heterocycles. The minimum absolute atomic E-state index is 0. The summed E-state index contributed by atoms with van der Waals surface area (Å²) >= 11 is 0. The van der Waals surface area contributed by atoms with Gasteiger partial charge in [-0.1, -0.05) is 18.1 Å². The maximum absolute atomic E-state index is 12.4. The van der Waals surface area contributed by atoms with Gasteiger partial charge in [-0.15, -0.1) is 24.8 Å². The van der Waals surface area contributed by atoms with Gasteiger partial charge >= 0.3 is 0 Å². The van der Waals surface area contributed by atoms with Crippen molar-refractivity contribution in [1.82, 2.24) is 20.0 Å². The van der Waals surface area contributed by atoms with Gasteiger partial charge < -0.3 is 15.2 Å². The van der Waals surface area contributed by atoms with Crippen LogP contribution in [0, 0.1) is 5.92 Å². The number of aromatic nitrogens is 3. The molecule has 0 radical (unpaired) electrons. The van der Waals surface area contributed by atoms with E-state index in [9.17, 15) is 4.79 Å². The average molecular weight is 402 g/mol. The summed E-state index contributed by atoms with van der Waals surface area (Å²) < 4.78 is 5.42. The Bertz CT molecular complexity index is 687. The van der Waals surface area contributed by atoms with Crippen molar-refractivity contribution in [3.63, 3.8) is 0 Å². The number of carbonyl (C=O) groups excluding carboxylic acids is 1. The van der Waals surface area contributed by atoms with Crippen LogP contribution in [0.1, 0.15) is 38.5 Å². The number of rotatable bonds is 4. The molecule has 2 aromatic rings. The van der Waals surface area contributed by atoms with Crippen molar-refractivity contribution >= 4 is 30.7 Å². The molecule has 0 aliphatic carbocycles. The van der Waals surface area contributed by atoms with Crippen LogP contribution in [0.4, 0.5) is 0 Å². The van der Waals surface area contributed by atoms with Crippen LogP contribution in [0.3, 0.4) is 0 Å². The van der Waals surface area contributed by atoms with Gasteiger partial charge in [0.25, 0.3) is 0 Å². The van der Waals surface area contributed by atoms with E-state index >= 15 is 0 Å². The number of halogens is 2. The maximum Gasteiger partial charge on any atom is 0.230 e. The molecule has 2 atom stereocenters. The second kappa shape index (κ2) is 9.85. The van der Waals surface area contributed by atoms with Crippen molar-refractivity contribution in [2.24, 2.45) is 11.7 Å². The Morgan fingerprint density at radius 2 is 1.96 bits per heavy atom. The Morgan fingerprint density at radius 3 is 2.54 bits per heavy atom. The minimum Gasteiger partial charge on any atom is -0.342 e. The predicted octanol–water partition coefficient (Wildman–Crippen LogP) is 2.66. The van der Waals surface area contributed by atoms with Gasteiger partial charge in [-0.2, -0.15) is 4.98 Å². The Morgan fingerprint density at radius 1 is 1.27 bits per heavy atom. The van der Waals surface area contributed by atoms with Gasteiger partial charge in [0, 0.05) is 31.2 Å². The largest absolute Gasteiger partial charge is 0.342 e. The van der Waals surface area contributed by atoms with E-state index in [2.05, 4.69) is 15.1 Å². The van der Waals surface area contributed by atoms with Crippen molar-refractivity contribution in [2.75, 3.05) is 13.1 Å². The highest BCUT2D eigenvalue weighted by Gasteiger charge is 2.30. The molecule has 0 saturated carbocycles. The first-order valence-corrected chi connectivity index (χ1v) is 8.35. The van der Waals surface area contributed by atoms with Gasteiger partial charge in [0.1, 0.15) is 5.69 Å². The van der Waals surface area contributed by atoms with E-state index in [1.807, 2.05) is 36.9 Å². The minimum atomic E-state index is -0.152. The van der Waals surface area contributed by atoms with Crippen molar-refractivity contribution in [2.45, 2.75) is 38.6 Å². The van der Waals surface area contributed by atoms with E-state index in [0.717, 1.165) is 12.8 Å².